The van der Waals surface area contributed by atoms with Crippen LogP contribution in [-0.4, -0.2) is 26.4 Å². The third-order valence-corrected chi connectivity index (χ3v) is 2.84. The molecule has 0 amide bonds. The molecule has 0 saturated heterocycles. The van der Waals surface area contributed by atoms with Crippen molar-refractivity contribution < 1.29 is 9.47 Å². The van der Waals surface area contributed by atoms with E-state index in [0.717, 1.165) is 31.0 Å². The quantitative estimate of drug-likeness (QED) is 0.705. The summed E-state index contributed by atoms with van der Waals surface area (Å²) in [6.45, 7) is 9.89. The molecule has 0 atom stereocenters. The molecule has 4 heteroatoms. The van der Waals surface area contributed by atoms with Crippen molar-refractivity contribution in [3.63, 3.8) is 0 Å². The van der Waals surface area contributed by atoms with Crippen molar-refractivity contribution in [2.45, 2.75) is 27.3 Å². The van der Waals surface area contributed by atoms with Crippen LogP contribution in [-0.2, 0) is 11.3 Å². The number of ether oxygens (including phenoxy) is 2. The molecule has 1 aromatic carbocycles. The SMILES string of the molecule is CCNCc1cccc(Cl)c1OCCOCC(C)C. The summed E-state index contributed by atoms with van der Waals surface area (Å²) in [5.74, 6) is 1.31. The van der Waals surface area contributed by atoms with Crippen LogP contribution in [0.1, 0.15) is 26.3 Å². The van der Waals surface area contributed by atoms with Gasteiger partial charge < -0.3 is 14.8 Å². The first-order valence-electron chi connectivity index (χ1n) is 6.83. The van der Waals surface area contributed by atoms with Gasteiger partial charge in [-0.15, -0.1) is 0 Å². The lowest BCUT2D eigenvalue weighted by molar-refractivity contribution is 0.0816. The van der Waals surface area contributed by atoms with Gasteiger partial charge in [-0.05, 0) is 18.5 Å². The van der Waals surface area contributed by atoms with E-state index in [2.05, 4.69) is 26.1 Å². The molecule has 108 valence electrons. The van der Waals surface area contributed by atoms with Crippen molar-refractivity contribution in [3.8, 4) is 5.75 Å². The van der Waals surface area contributed by atoms with Crippen LogP contribution >= 0.6 is 11.6 Å². The third kappa shape index (κ3) is 6.28. The summed E-state index contributed by atoms with van der Waals surface area (Å²) in [5.41, 5.74) is 1.08. The van der Waals surface area contributed by atoms with Crippen LogP contribution in [0.2, 0.25) is 5.02 Å². The molecule has 3 nitrogen and oxygen atoms in total. The maximum atomic E-state index is 6.18. The predicted octanol–water partition coefficient (Wildman–Crippen LogP) is 3.50. The average Bonchev–Trinajstić information content (AvgIpc) is 2.37. The van der Waals surface area contributed by atoms with Crippen LogP contribution in [0.3, 0.4) is 0 Å². The van der Waals surface area contributed by atoms with Gasteiger partial charge in [0, 0.05) is 18.7 Å². The molecule has 0 heterocycles. The molecule has 0 aliphatic rings. The summed E-state index contributed by atoms with van der Waals surface area (Å²) in [5, 5.41) is 3.93. The summed E-state index contributed by atoms with van der Waals surface area (Å²) in [6.07, 6.45) is 0. The molecule has 1 rings (SSSR count). The minimum absolute atomic E-state index is 0.523. The van der Waals surface area contributed by atoms with Crippen molar-refractivity contribution in [2.75, 3.05) is 26.4 Å². The Kier molecular flexibility index (Phi) is 7.87. The monoisotopic (exact) mass is 285 g/mol. The molecule has 1 N–H and O–H groups in total. The molecule has 0 radical (unpaired) electrons. The molecule has 0 unspecified atom stereocenters. The van der Waals surface area contributed by atoms with Gasteiger partial charge in [0.05, 0.1) is 11.6 Å². The molecule has 0 bridgehead atoms. The van der Waals surface area contributed by atoms with Gasteiger partial charge in [0.15, 0.2) is 0 Å². The maximum Gasteiger partial charge on any atom is 0.142 e. The van der Waals surface area contributed by atoms with E-state index < -0.39 is 0 Å². The topological polar surface area (TPSA) is 30.5 Å². The number of hydrogen-bond acceptors (Lipinski definition) is 3. The van der Waals surface area contributed by atoms with Gasteiger partial charge in [-0.1, -0.05) is 44.5 Å². The van der Waals surface area contributed by atoms with E-state index >= 15 is 0 Å². The maximum absolute atomic E-state index is 6.18. The van der Waals surface area contributed by atoms with Crippen LogP contribution in [0.25, 0.3) is 0 Å². The van der Waals surface area contributed by atoms with Crippen LogP contribution in [0, 0.1) is 5.92 Å². The molecule has 0 aliphatic heterocycles. The highest BCUT2D eigenvalue weighted by Crippen LogP contribution is 2.28. The lowest BCUT2D eigenvalue weighted by Gasteiger charge is -2.14. The highest BCUT2D eigenvalue weighted by molar-refractivity contribution is 6.32. The molecule has 0 saturated carbocycles. The number of benzene rings is 1. The fourth-order valence-corrected chi connectivity index (χ4v) is 1.88. The molecule has 0 aliphatic carbocycles. The van der Waals surface area contributed by atoms with Crippen LogP contribution < -0.4 is 10.1 Å². The van der Waals surface area contributed by atoms with Crippen LogP contribution in [0.5, 0.6) is 5.75 Å². The molecular weight excluding hydrogens is 262 g/mol. The van der Waals surface area contributed by atoms with Gasteiger partial charge >= 0.3 is 0 Å². The molecule has 0 fully saturated rings. The first-order chi connectivity index (χ1) is 9.15. The van der Waals surface area contributed by atoms with E-state index in [1.807, 2.05) is 18.2 Å². The molecule has 1 aromatic rings. The smallest absolute Gasteiger partial charge is 0.142 e. The van der Waals surface area contributed by atoms with Crippen molar-refractivity contribution >= 4 is 11.6 Å². The third-order valence-electron chi connectivity index (χ3n) is 2.54. The summed E-state index contributed by atoms with van der Waals surface area (Å²) in [6, 6.07) is 5.82. The van der Waals surface area contributed by atoms with Crippen molar-refractivity contribution in [3.05, 3.63) is 28.8 Å². The van der Waals surface area contributed by atoms with E-state index in [1.165, 1.54) is 0 Å². The minimum Gasteiger partial charge on any atom is -0.489 e. The second kappa shape index (κ2) is 9.18. The van der Waals surface area contributed by atoms with Gasteiger partial charge in [-0.2, -0.15) is 0 Å². The second-order valence-corrected chi connectivity index (χ2v) is 5.23. The van der Waals surface area contributed by atoms with E-state index in [1.54, 1.807) is 0 Å². The van der Waals surface area contributed by atoms with E-state index in [9.17, 15) is 0 Å². The molecule has 0 aromatic heterocycles. The average molecular weight is 286 g/mol. The van der Waals surface area contributed by atoms with Crippen LogP contribution in [0.15, 0.2) is 18.2 Å². The summed E-state index contributed by atoms with van der Waals surface area (Å²) in [7, 11) is 0. The molecule has 19 heavy (non-hydrogen) atoms. The Bertz CT molecular complexity index is 369. The zero-order chi connectivity index (χ0) is 14.1. The number of hydrogen-bond donors (Lipinski definition) is 1. The summed E-state index contributed by atoms with van der Waals surface area (Å²) in [4.78, 5) is 0. The lowest BCUT2D eigenvalue weighted by atomic mass is 10.2. The highest BCUT2D eigenvalue weighted by atomic mass is 35.5. The van der Waals surface area contributed by atoms with E-state index in [0.29, 0.717) is 24.2 Å². The summed E-state index contributed by atoms with van der Waals surface area (Å²) >= 11 is 6.18. The normalized spacial score (nSPS) is 11.0. The van der Waals surface area contributed by atoms with Gasteiger partial charge in [0.2, 0.25) is 0 Å². The Morgan fingerprint density at radius 3 is 2.74 bits per heavy atom. The number of nitrogens with one attached hydrogen (secondary N) is 1. The Hall–Kier alpha value is -0.770. The fourth-order valence-electron chi connectivity index (χ4n) is 1.64. The Labute approximate surface area is 121 Å². The van der Waals surface area contributed by atoms with Gasteiger partial charge in [0.1, 0.15) is 12.4 Å². The van der Waals surface area contributed by atoms with E-state index in [4.69, 9.17) is 21.1 Å². The van der Waals surface area contributed by atoms with Gasteiger partial charge in [-0.3, -0.25) is 0 Å². The first kappa shape index (κ1) is 16.3. The van der Waals surface area contributed by atoms with Crippen molar-refractivity contribution in [1.82, 2.24) is 5.32 Å². The fraction of sp³-hybridized carbons (Fsp3) is 0.600. The zero-order valence-corrected chi connectivity index (χ0v) is 12.8. The predicted molar refractivity (Wildman–Crippen MR) is 80.0 cm³/mol. The Morgan fingerprint density at radius 1 is 1.26 bits per heavy atom. The number of halogens is 1. The number of rotatable bonds is 9. The van der Waals surface area contributed by atoms with Gasteiger partial charge in [0.25, 0.3) is 0 Å². The zero-order valence-electron chi connectivity index (χ0n) is 12.0. The van der Waals surface area contributed by atoms with Crippen LogP contribution in [0.4, 0.5) is 0 Å². The van der Waals surface area contributed by atoms with Crippen molar-refractivity contribution in [1.29, 1.82) is 0 Å². The Balaban J connectivity index is 2.46. The van der Waals surface area contributed by atoms with Crippen molar-refractivity contribution in [2.24, 2.45) is 5.92 Å². The first-order valence-corrected chi connectivity index (χ1v) is 7.21. The Morgan fingerprint density at radius 2 is 2.05 bits per heavy atom. The van der Waals surface area contributed by atoms with Gasteiger partial charge in [-0.25, -0.2) is 0 Å². The van der Waals surface area contributed by atoms with E-state index in [-0.39, 0.29) is 0 Å². The highest BCUT2D eigenvalue weighted by Gasteiger charge is 2.08. The second-order valence-electron chi connectivity index (χ2n) is 4.83. The molecule has 0 spiro atoms. The standard InChI is InChI=1S/C15H24ClNO2/c1-4-17-10-13-6-5-7-14(16)15(13)19-9-8-18-11-12(2)3/h5-7,12,17H,4,8-11H2,1-3H3. The number of para-hydroxylation sites is 1. The largest absolute Gasteiger partial charge is 0.489 e. The minimum atomic E-state index is 0.523. The summed E-state index contributed by atoms with van der Waals surface area (Å²) < 4.78 is 11.2. The molecular formula is C15H24ClNO2. The lowest BCUT2D eigenvalue weighted by Crippen LogP contribution is -2.15.